The van der Waals surface area contributed by atoms with E-state index in [9.17, 15) is 29.3 Å². The Kier molecular flexibility index (Phi) is 7.79. The predicted octanol–water partition coefficient (Wildman–Crippen LogP) is 2.50. The average molecular weight is 488 g/mol. The number of carboxylic acids is 1. The summed E-state index contributed by atoms with van der Waals surface area (Å²) in [6.45, 7) is -0.0929. The quantitative estimate of drug-likeness (QED) is 0.287. The molecule has 2 amide bonds. The number of anilines is 1. The van der Waals surface area contributed by atoms with Crippen molar-refractivity contribution in [3.8, 4) is 0 Å². The van der Waals surface area contributed by atoms with Crippen molar-refractivity contribution in [3.63, 3.8) is 0 Å². The van der Waals surface area contributed by atoms with Gasteiger partial charge in [-0.1, -0.05) is 0 Å². The molecular formula is C21H20N4O8S. The Labute approximate surface area is 198 Å². The smallest absolute Gasteiger partial charge is 0.410 e. The van der Waals surface area contributed by atoms with E-state index in [0.717, 1.165) is 0 Å². The van der Waals surface area contributed by atoms with E-state index < -0.39 is 28.9 Å². The molecule has 34 heavy (non-hydrogen) atoms. The molecule has 1 saturated heterocycles. The molecule has 1 aliphatic heterocycles. The highest BCUT2D eigenvalue weighted by atomic mass is 32.1. The third kappa shape index (κ3) is 6.28. The van der Waals surface area contributed by atoms with Crippen molar-refractivity contribution >= 4 is 47.1 Å². The van der Waals surface area contributed by atoms with Crippen molar-refractivity contribution in [2.24, 2.45) is 5.92 Å². The topological polar surface area (TPSA) is 169 Å². The number of nitrogens with zero attached hydrogens (tertiary/aromatic N) is 3. The molecule has 178 valence electrons. The van der Waals surface area contributed by atoms with Crippen LogP contribution >= 0.6 is 12.6 Å². The van der Waals surface area contributed by atoms with Crippen LogP contribution in [0.2, 0.25) is 0 Å². The fraction of sp³-hybridized carbons (Fsp3) is 0.286. The van der Waals surface area contributed by atoms with E-state index in [2.05, 4.69) is 22.9 Å². The molecule has 0 bridgehead atoms. The van der Waals surface area contributed by atoms with Crippen LogP contribution in [0.25, 0.3) is 0 Å². The third-order valence-corrected chi connectivity index (χ3v) is 5.33. The van der Waals surface area contributed by atoms with Crippen molar-refractivity contribution in [2.45, 2.75) is 25.5 Å². The monoisotopic (exact) mass is 488 g/mol. The number of thiol groups is 1. The lowest BCUT2D eigenvalue weighted by molar-refractivity contribution is -0.384. The Morgan fingerprint density at radius 1 is 1.24 bits per heavy atom. The second-order valence-electron chi connectivity index (χ2n) is 7.57. The first-order chi connectivity index (χ1) is 16.1. The summed E-state index contributed by atoms with van der Waals surface area (Å²) in [5.74, 6) is -2.16. The maximum Gasteiger partial charge on any atom is 0.410 e. The fourth-order valence-electron chi connectivity index (χ4n) is 3.56. The third-order valence-electron chi connectivity index (χ3n) is 5.14. The number of carbonyl (C=O) groups is 4. The molecule has 0 radical (unpaired) electrons. The molecule has 1 fully saturated rings. The lowest BCUT2D eigenvalue weighted by Crippen LogP contribution is -2.43. The van der Waals surface area contributed by atoms with Crippen molar-refractivity contribution < 1.29 is 33.9 Å². The normalized spacial score (nSPS) is 17.1. The van der Waals surface area contributed by atoms with E-state index in [0.29, 0.717) is 5.56 Å². The number of aromatic nitrogens is 1. The molecule has 0 spiro atoms. The molecular weight excluding hydrogens is 468 g/mol. The van der Waals surface area contributed by atoms with Gasteiger partial charge in [0.2, 0.25) is 5.91 Å². The first-order valence-corrected chi connectivity index (χ1v) is 10.5. The molecule has 0 saturated carbocycles. The number of non-ortho nitro benzene ring substituents is 1. The van der Waals surface area contributed by atoms with E-state index in [1.165, 1.54) is 47.5 Å². The molecule has 3 rings (SSSR count). The van der Waals surface area contributed by atoms with Crippen LogP contribution in [0.4, 0.5) is 16.2 Å². The highest BCUT2D eigenvalue weighted by molar-refractivity contribution is 7.96. The van der Waals surface area contributed by atoms with Crippen LogP contribution in [0.15, 0.2) is 42.6 Å². The standard InChI is InChI=1S/C21H20N4O8S/c26-18(34)8-13-7-17(19(27)23-14-5-6-22-16(9-14)20(28)29)24(10-13)21(30)33-11-12-1-3-15(4-2-12)25(31)32/h1-6,9,13,17H,7-8,10-11H2,(H,26,34)(H,28,29)(H,22,23,27)/t13-,17-/m0/s1. The minimum Gasteiger partial charge on any atom is -0.477 e. The largest absolute Gasteiger partial charge is 0.477 e. The van der Waals surface area contributed by atoms with Crippen LogP contribution in [0.5, 0.6) is 0 Å². The van der Waals surface area contributed by atoms with Gasteiger partial charge in [-0.05, 0) is 42.2 Å². The Morgan fingerprint density at radius 2 is 1.94 bits per heavy atom. The molecule has 2 aromatic rings. The van der Waals surface area contributed by atoms with Gasteiger partial charge >= 0.3 is 12.1 Å². The number of benzene rings is 1. The van der Waals surface area contributed by atoms with Crippen molar-refractivity contribution in [3.05, 3.63) is 64.0 Å². The molecule has 1 aliphatic rings. The van der Waals surface area contributed by atoms with Crippen molar-refractivity contribution in [1.82, 2.24) is 9.88 Å². The lowest BCUT2D eigenvalue weighted by Gasteiger charge is -2.23. The number of carboxylic acid groups (broad SMARTS) is 1. The molecule has 1 aromatic heterocycles. The van der Waals surface area contributed by atoms with Gasteiger partial charge < -0.3 is 15.2 Å². The molecule has 13 heteroatoms. The summed E-state index contributed by atoms with van der Waals surface area (Å²) in [6, 6.07) is 7.08. The Balaban J connectivity index is 1.70. The SMILES string of the molecule is O=C(S)C[C@@H]1C[C@@H](C(=O)Nc2ccnc(C(=O)O)c2)N(C(=O)OCc2ccc([N+](=O)[O-])cc2)C1. The molecule has 2 atom stereocenters. The minimum absolute atomic E-state index is 0.0530. The van der Waals surface area contributed by atoms with Gasteiger partial charge in [0.1, 0.15) is 18.3 Å². The molecule has 0 unspecified atom stereocenters. The van der Waals surface area contributed by atoms with E-state index in [4.69, 9.17) is 9.84 Å². The number of nitro benzene ring substituents is 1. The van der Waals surface area contributed by atoms with Crippen LogP contribution < -0.4 is 5.32 Å². The lowest BCUT2D eigenvalue weighted by atomic mass is 10.0. The number of hydrogen-bond donors (Lipinski definition) is 3. The van der Waals surface area contributed by atoms with Gasteiger partial charge in [-0.2, -0.15) is 0 Å². The van der Waals surface area contributed by atoms with Crippen molar-refractivity contribution in [2.75, 3.05) is 11.9 Å². The van der Waals surface area contributed by atoms with Gasteiger partial charge in [-0.25, -0.2) is 14.6 Å². The van der Waals surface area contributed by atoms with E-state index in [1.807, 2.05) is 0 Å². The number of likely N-dealkylation sites (tertiary alicyclic amines) is 1. The summed E-state index contributed by atoms with van der Waals surface area (Å²) in [5, 5.41) is 22.0. The first-order valence-electron chi connectivity index (χ1n) is 10.0. The van der Waals surface area contributed by atoms with Crippen LogP contribution in [-0.2, 0) is 20.9 Å². The van der Waals surface area contributed by atoms with Gasteiger partial charge in [0.15, 0.2) is 5.12 Å². The number of nitro groups is 1. The average Bonchev–Trinajstić information content (AvgIpc) is 3.21. The highest BCUT2D eigenvalue weighted by Crippen LogP contribution is 2.28. The number of pyridine rings is 1. The number of ether oxygens (including phenoxy) is 1. The summed E-state index contributed by atoms with van der Waals surface area (Å²) < 4.78 is 5.29. The number of hydrogen-bond acceptors (Lipinski definition) is 8. The zero-order chi connectivity index (χ0) is 24.8. The molecule has 2 N–H and O–H groups in total. The zero-order valence-corrected chi connectivity index (χ0v) is 18.5. The summed E-state index contributed by atoms with van der Waals surface area (Å²) in [5.41, 5.74) is 0.333. The molecule has 12 nitrogen and oxygen atoms in total. The van der Waals surface area contributed by atoms with Gasteiger partial charge in [-0.15, -0.1) is 12.6 Å². The van der Waals surface area contributed by atoms with E-state index in [1.54, 1.807) is 0 Å². The van der Waals surface area contributed by atoms with Gasteiger partial charge in [-0.3, -0.25) is 24.6 Å². The molecule has 2 heterocycles. The first kappa shape index (κ1) is 24.6. The van der Waals surface area contributed by atoms with Crippen LogP contribution in [0, 0.1) is 16.0 Å². The number of rotatable bonds is 8. The number of amides is 2. The zero-order valence-electron chi connectivity index (χ0n) is 17.6. The minimum atomic E-state index is -1.26. The molecule has 0 aliphatic carbocycles. The summed E-state index contributed by atoms with van der Waals surface area (Å²) in [7, 11) is 0. The number of nitrogens with one attached hydrogen (secondary N) is 1. The Hall–Kier alpha value is -4.00. The summed E-state index contributed by atoms with van der Waals surface area (Å²) in [4.78, 5) is 63.3. The number of aromatic carboxylic acids is 1. The van der Waals surface area contributed by atoms with Crippen LogP contribution in [0.1, 0.15) is 28.9 Å². The predicted molar refractivity (Wildman–Crippen MR) is 120 cm³/mol. The second-order valence-corrected chi connectivity index (χ2v) is 8.07. The van der Waals surface area contributed by atoms with Crippen LogP contribution in [0.3, 0.4) is 0 Å². The van der Waals surface area contributed by atoms with Gasteiger partial charge in [0, 0.05) is 37.0 Å². The highest BCUT2D eigenvalue weighted by Gasteiger charge is 2.41. The maximum atomic E-state index is 12.9. The molecule has 1 aromatic carbocycles. The van der Waals surface area contributed by atoms with E-state index >= 15 is 0 Å². The van der Waals surface area contributed by atoms with Crippen molar-refractivity contribution in [1.29, 1.82) is 0 Å². The Morgan fingerprint density at radius 3 is 2.56 bits per heavy atom. The second kappa shape index (κ2) is 10.7. The Bertz CT molecular complexity index is 1120. The number of carbonyl (C=O) groups excluding carboxylic acids is 3. The van der Waals surface area contributed by atoms with E-state index in [-0.39, 0.29) is 54.1 Å². The van der Waals surface area contributed by atoms with Crippen LogP contribution in [-0.4, -0.2) is 55.6 Å². The summed E-state index contributed by atoms with van der Waals surface area (Å²) >= 11 is 3.77. The van der Waals surface area contributed by atoms with Gasteiger partial charge in [0.25, 0.3) is 5.69 Å². The summed E-state index contributed by atoms with van der Waals surface area (Å²) in [6.07, 6.45) is 0.666. The fourth-order valence-corrected chi connectivity index (χ4v) is 3.82. The van der Waals surface area contributed by atoms with Gasteiger partial charge in [0.05, 0.1) is 4.92 Å². The maximum absolute atomic E-state index is 12.9.